The van der Waals surface area contributed by atoms with Crippen molar-refractivity contribution in [2.75, 3.05) is 17.3 Å². The molecular weight excluding hydrogens is 412 g/mol. The van der Waals surface area contributed by atoms with Gasteiger partial charge in [0.2, 0.25) is 11.6 Å². The van der Waals surface area contributed by atoms with Crippen LogP contribution >= 0.6 is 11.6 Å². The highest BCUT2D eigenvalue weighted by Gasteiger charge is 2.23. The van der Waals surface area contributed by atoms with Crippen molar-refractivity contribution in [1.82, 2.24) is 15.4 Å². The molecule has 2 aromatic carbocycles. The average Bonchev–Trinajstić information content (AvgIpc) is 2.74. The summed E-state index contributed by atoms with van der Waals surface area (Å²) < 4.78 is 5.31. The lowest BCUT2D eigenvalue weighted by Crippen LogP contribution is -2.34. The number of hydrogen-bond acceptors (Lipinski definition) is 8. The van der Waals surface area contributed by atoms with Gasteiger partial charge in [-0.3, -0.25) is 25.8 Å². The number of nitro groups is 1. The largest absolute Gasteiger partial charge is 0.484 e. The fourth-order valence-electron chi connectivity index (χ4n) is 2.37. The molecule has 0 aliphatic rings. The molecule has 3 N–H and O–H groups in total. The summed E-state index contributed by atoms with van der Waals surface area (Å²) in [4.78, 5) is 30.7. The predicted octanol–water partition coefficient (Wildman–Crippen LogP) is 3.61. The Bertz CT molecular complexity index is 1060. The summed E-state index contributed by atoms with van der Waals surface area (Å²) in [6, 6.07) is 13.9. The van der Waals surface area contributed by atoms with E-state index in [4.69, 9.17) is 16.3 Å². The normalized spacial score (nSPS) is 10.2. The third-order valence-corrected chi connectivity index (χ3v) is 4.28. The smallest absolute Gasteiger partial charge is 0.355 e. The lowest BCUT2D eigenvalue weighted by molar-refractivity contribution is -0.383. The monoisotopic (exact) mass is 428 g/mol. The second kappa shape index (κ2) is 9.52. The lowest BCUT2D eigenvalue weighted by Gasteiger charge is -2.12. The van der Waals surface area contributed by atoms with E-state index in [0.717, 1.165) is 11.9 Å². The molecule has 0 aliphatic carbocycles. The van der Waals surface area contributed by atoms with Crippen molar-refractivity contribution in [2.45, 2.75) is 6.92 Å². The summed E-state index contributed by atoms with van der Waals surface area (Å²) in [6.07, 6.45) is 1.13. The molecule has 0 bridgehead atoms. The van der Waals surface area contributed by atoms with Gasteiger partial charge < -0.3 is 10.1 Å². The van der Waals surface area contributed by atoms with E-state index in [2.05, 4.69) is 26.1 Å². The molecule has 0 atom stereocenters. The number of para-hydroxylation sites is 1. The van der Waals surface area contributed by atoms with E-state index in [1.54, 1.807) is 42.5 Å². The molecule has 0 fully saturated rings. The summed E-state index contributed by atoms with van der Waals surface area (Å²) in [6.45, 7) is 1.55. The maximum atomic E-state index is 12.0. The third-order valence-electron chi connectivity index (χ3n) is 3.87. The minimum Gasteiger partial charge on any atom is -0.484 e. The van der Waals surface area contributed by atoms with Crippen molar-refractivity contribution in [2.24, 2.45) is 0 Å². The minimum absolute atomic E-state index is 0.0628. The first-order valence-electron chi connectivity index (χ1n) is 8.69. The van der Waals surface area contributed by atoms with E-state index in [9.17, 15) is 14.9 Å². The van der Waals surface area contributed by atoms with Crippen molar-refractivity contribution >= 4 is 40.5 Å². The molecule has 0 unspecified atom stereocenters. The fraction of sp³-hybridized carbons (Fsp3) is 0.105. The van der Waals surface area contributed by atoms with Gasteiger partial charge in [-0.25, -0.2) is 9.97 Å². The third kappa shape index (κ3) is 5.32. The van der Waals surface area contributed by atoms with Crippen LogP contribution in [0.1, 0.15) is 5.56 Å². The zero-order chi connectivity index (χ0) is 21.5. The summed E-state index contributed by atoms with van der Waals surface area (Å²) in [5.41, 5.74) is 5.68. The van der Waals surface area contributed by atoms with Gasteiger partial charge in [-0.1, -0.05) is 35.9 Å². The molecule has 0 saturated heterocycles. The average molecular weight is 429 g/mol. The van der Waals surface area contributed by atoms with Crippen LogP contribution in [-0.2, 0) is 4.79 Å². The maximum Gasteiger partial charge on any atom is 0.355 e. The number of rotatable bonds is 8. The van der Waals surface area contributed by atoms with Gasteiger partial charge in [0.1, 0.15) is 12.1 Å². The van der Waals surface area contributed by atoms with Crippen molar-refractivity contribution < 1.29 is 14.5 Å². The Balaban J connectivity index is 1.70. The highest BCUT2D eigenvalue weighted by molar-refractivity contribution is 6.31. The first kappa shape index (κ1) is 20.8. The number of benzene rings is 2. The van der Waals surface area contributed by atoms with Gasteiger partial charge >= 0.3 is 5.69 Å². The van der Waals surface area contributed by atoms with Gasteiger partial charge in [-0.05, 0) is 36.8 Å². The van der Waals surface area contributed by atoms with Crippen LogP contribution in [-0.4, -0.2) is 27.4 Å². The van der Waals surface area contributed by atoms with Crippen molar-refractivity contribution in [1.29, 1.82) is 0 Å². The second-order valence-electron chi connectivity index (χ2n) is 6.04. The minimum atomic E-state index is -0.660. The molecule has 0 aliphatic heterocycles. The van der Waals surface area contributed by atoms with Gasteiger partial charge in [0.25, 0.3) is 5.91 Å². The summed E-state index contributed by atoms with van der Waals surface area (Å²) in [5, 5.41) is 14.9. The Morgan fingerprint density at radius 2 is 1.90 bits per heavy atom. The molecule has 0 spiro atoms. The quantitative estimate of drug-likeness (QED) is 0.366. The topological polar surface area (TPSA) is 131 Å². The van der Waals surface area contributed by atoms with Gasteiger partial charge in [0.15, 0.2) is 6.61 Å². The lowest BCUT2D eigenvalue weighted by atomic mass is 10.2. The number of aromatic nitrogens is 2. The number of anilines is 3. The van der Waals surface area contributed by atoms with E-state index < -0.39 is 16.5 Å². The first-order chi connectivity index (χ1) is 14.4. The molecule has 11 heteroatoms. The molecular formula is C19H17ClN6O4. The van der Waals surface area contributed by atoms with E-state index in [1.165, 1.54) is 0 Å². The summed E-state index contributed by atoms with van der Waals surface area (Å²) >= 11 is 6.09. The summed E-state index contributed by atoms with van der Waals surface area (Å²) in [7, 11) is 0. The SMILES string of the molecule is Cc1ccc(Nc2ncnc(NNC(=O)COc3ccccc3)c2[N+](=O)[O-])cc1Cl. The van der Waals surface area contributed by atoms with Crippen molar-refractivity contribution in [3.05, 3.63) is 75.6 Å². The highest BCUT2D eigenvalue weighted by atomic mass is 35.5. The zero-order valence-electron chi connectivity index (χ0n) is 15.8. The molecule has 1 aromatic heterocycles. The zero-order valence-corrected chi connectivity index (χ0v) is 16.5. The van der Waals surface area contributed by atoms with Crippen LogP contribution in [0, 0.1) is 17.0 Å². The van der Waals surface area contributed by atoms with Crippen LogP contribution in [0.15, 0.2) is 54.9 Å². The Labute approximate surface area is 176 Å². The molecule has 0 radical (unpaired) electrons. The number of halogens is 1. The molecule has 30 heavy (non-hydrogen) atoms. The molecule has 1 amide bonds. The van der Waals surface area contributed by atoms with Crippen molar-refractivity contribution in [3.63, 3.8) is 0 Å². The molecule has 3 aromatic rings. The summed E-state index contributed by atoms with van der Waals surface area (Å²) in [5.74, 6) is -0.286. The van der Waals surface area contributed by atoms with Crippen LogP contribution < -0.4 is 20.9 Å². The fourth-order valence-corrected chi connectivity index (χ4v) is 2.55. The number of nitrogens with one attached hydrogen (secondary N) is 3. The molecule has 0 saturated carbocycles. The number of hydrogen-bond donors (Lipinski definition) is 3. The molecule has 154 valence electrons. The van der Waals surface area contributed by atoms with E-state index in [0.29, 0.717) is 16.5 Å². The molecule has 1 heterocycles. The number of hydrazine groups is 1. The first-order valence-corrected chi connectivity index (χ1v) is 9.07. The van der Waals surface area contributed by atoms with Crippen LogP contribution in [0.4, 0.5) is 23.0 Å². The van der Waals surface area contributed by atoms with E-state index >= 15 is 0 Å². The maximum absolute atomic E-state index is 12.0. The van der Waals surface area contributed by atoms with Crippen molar-refractivity contribution in [3.8, 4) is 5.75 Å². The van der Waals surface area contributed by atoms with Gasteiger partial charge in [-0.15, -0.1) is 0 Å². The van der Waals surface area contributed by atoms with Crippen LogP contribution in [0.2, 0.25) is 5.02 Å². The number of amides is 1. The van der Waals surface area contributed by atoms with Crippen LogP contribution in [0.25, 0.3) is 0 Å². The van der Waals surface area contributed by atoms with Crippen LogP contribution in [0.5, 0.6) is 5.75 Å². The Morgan fingerprint density at radius 1 is 1.17 bits per heavy atom. The second-order valence-corrected chi connectivity index (χ2v) is 6.45. The van der Waals surface area contributed by atoms with Gasteiger partial charge in [-0.2, -0.15) is 0 Å². The number of ether oxygens (including phenoxy) is 1. The Morgan fingerprint density at radius 3 is 2.60 bits per heavy atom. The molecule has 3 rings (SSSR count). The Kier molecular flexibility index (Phi) is 6.60. The van der Waals surface area contributed by atoms with E-state index in [1.807, 2.05) is 13.0 Å². The number of carbonyl (C=O) groups is 1. The van der Waals surface area contributed by atoms with E-state index in [-0.39, 0.29) is 18.2 Å². The van der Waals surface area contributed by atoms with Crippen LogP contribution in [0.3, 0.4) is 0 Å². The Hall–Kier alpha value is -3.92. The number of carbonyl (C=O) groups excluding carboxylic acids is 1. The van der Waals surface area contributed by atoms with Gasteiger partial charge in [0.05, 0.1) is 4.92 Å². The standard InChI is InChI=1S/C19H17ClN6O4/c1-12-7-8-13(9-15(12)20)23-18-17(26(28)29)19(22-11-21-18)25-24-16(27)10-30-14-5-3-2-4-6-14/h2-9,11H,10H2,1H3,(H,24,27)(H2,21,22,23,25). The van der Waals surface area contributed by atoms with Gasteiger partial charge in [0, 0.05) is 10.7 Å². The predicted molar refractivity (Wildman–Crippen MR) is 112 cm³/mol. The highest BCUT2D eigenvalue weighted by Crippen LogP contribution is 2.31. The number of aryl methyl sites for hydroxylation is 1. The molecule has 10 nitrogen and oxygen atoms in total. The number of nitrogens with zero attached hydrogens (tertiary/aromatic N) is 3.